The lowest BCUT2D eigenvalue weighted by molar-refractivity contribution is 0.240. The molecule has 1 saturated carbocycles. The maximum atomic E-state index is 13.7. The molecule has 8 nitrogen and oxygen atoms in total. The number of sulfone groups is 1. The van der Waals surface area contributed by atoms with Crippen molar-refractivity contribution in [3.05, 3.63) is 65.9 Å². The fourth-order valence-corrected chi connectivity index (χ4v) is 5.13. The van der Waals surface area contributed by atoms with E-state index in [2.05, 4.69) is 20.6 Å². The molecule has 0 unspecified atom stereocenters. The number of nitrogens with two attached hydrogens (primary N) is 1. The number of nitrogen functional groups attached to an aromatic ring is 1. The van der Waals surface area contributed by atoms with Crippen LogP contribution in [0.2, 0.25) is 0 Å². The summed E-state index contributed by atoms with van der Waals surface area (Å²) in [4.78, 5) is 20.2. The van der Waals surface area contributed by atoms with Crippen molar-refractivity contribution in [3.8, 4) is 11.4 Å². The number of amides is 2. The molecular formula is C24H25F2N5O3S. The van der Waals surface area contributed by atoms with Crippen molar-refractivity contribution in [2.75, 3.05) is 11.1 Å². The summed E-state index contributed by atoms with van der Waals surface area (Å²) in [5.41, 5.74) is 7.11. The largest absolute Gasteiger partial charge is 0.384 e. The summed E-state index contributed by atoms with van der Waals surface area (Å²) >= 11 is 0. The Bertz CT molecular complexity index is 1350. The van der Waals surface area contributed by atoms with E-state index in [1.165, 1.54) is 19.9 Å². The number of nitrogens with zero attached hydrogens (tertiary/aromatic N) is 2. The normalized spacial score (nSPS) is 14.3. The minimum atomic E-state index is -4.26. The smallest absolute Gasteiger partial charge is 0.319 e. The molecule has 1 fully saturated rings. The number of hydrogen-bond donors (Lipinski definition) is 3. The average Bonchev–Trinajstić information content (AvgIpc) is 2.75. The number of rotatable bonds is 6. The first kappa shape index (κ1) is 24.5. The summed E-state index contributed by atoms with van der Waals surface area (Å²) < 4.78 is 52.3. The molecule has 1 aliphatic carbocycles. The maximum Gasteiger partial charge on any atom is 0.319 e. The molecule has 2 aromatic carbocycles. The first-order valence-electron chi connectivity index (χ1n) is 11.0. The Morgan fingerprint density at radius 2 is 1.66 bits per heavy atom. The molecule has 0 radical (unpaired) electrons. The van der Waals surface area contributed by atoms with Gasteiger partial charge in [0.15, 0.2) is 15.7 Å². The topological polar surface area (TPSA) is 127 Å². The summed E-state index contributed by atoms with van der Waals surface area (Å²) in [6.45, 7) is 2.76. The predicted molar refractivity (Wildman–Crippen MR) is 128 cm³/mol. The number of nitrogens with one attached hydrogen (secondary N) is 2. The lowest BCUT2D eigenvalue weighted by Gasteiger charge is -2.26. The summed E-state index contributed by atoms with van der Waals surface area (Å²) in [5.74, 6) is -1.81. The zero-order valence-electron chi connectivity index (χ0n) is 19.2. The standard InChI is InChI=1S/C24H25F2N5O3S/c1-24(2,35(33,34)19-11-15(25)10-16(26)12-19)20-13-21(27)31-22(30-20)14-6-8-18(9-7-14)29-23(32)28-17-4-3-5-17/h6-13,17H,3-5H2,1-2H3,(H2,27,30,31)(H2,28,29,32). The molecule has 35 heavy (non-hydrogen) atoms. The number of anilines is 2. The first-order chi connectivity index (χ1) is 16.5. The Hall–Kier alpha value is -3.60. The van der Waals surface area contributed by atoms with Gasteiger partial charge in [0, 0.05) is 29.4 Å². The third-order valence-electron chi connectivity index (χ3n) is 6.02. The van der Waals surface area contributed by atoms with Crippen LogP contribution >= 0.6 is 0 Å². The molecule has 1 heterocycles. The van der Waals surface area contributed by atoms with Crippen LogP contribution in [0, 0.1) is 11.6 Å². The van der Waals surface area contributed by atoms with Crippen LogP contribution in [-0.4, -0.2) is 30.5 Å². The van der Waals surface area contributed by atoms with Crippen LogP contribution in [0.15, 0.2) is 53.4 Å². The number of carbonyl (C=O) groups is 1. The van der Waals surface area contributed by atoms with Crippen molar-refractivity contribution in [2.45, 2.75) is 48.8 Å². The van der Waals surface area contributed by atoms with E-state index in [-0.39, 0.29) is 29.4 Å². The highest BCUT2D eigenvalue weighted by atomic mass is 32.2. The van der Waals surface area contributed by atoms with Gasteiger partial charge in [0.1, 0.15) is 22.2 Å². The van der Waals surface area contributed by atoms with E-state index in [1.54, 1.807) is 24.3 Å². The fraction of sp³-hybridized carbons (Fsp3) is 0.292. The number of hydrogen-bond acceptors (Lipinski definition) is 6. The van der Waals surface area contributed by atoms with Gasteiger partial charge in [-0.3, -0.25) is 0 Å². The molecule has 0 saturated heterocycles. The summed E-state index contributed by atoms with van der Waals surface area (Å²) in [5, 5.41) is 5.64. The Labute approximate surface area is 201 Å². The highest BCUT2D eigenvalue weighted by Crippen LogP contribution is 2.36. The van der Waals surface area contributed by atoms with Crippen LogP contribution in [-0.2, 0) is 14.6 Å². The second-order valence-electron chi connectivity index (χ2n) is 8.92. The highest BCUT2D eigenvalue weighted by molar-refractivity contribution is 7.92. The van der Waals surface area contributed by atoms with Crippen LogP contribution in [0.5, 0.6) is 0 Å². The molecule has 1 aliphatic rings. The van der Waals surface area contributed by atoms with Crippen molar-refractivity contribution < 1.29 is 22.0 Å². The maximum absolute atomic E-state index is 13.7. The van der Waals surface area contributed by atoms with Crippen molar-refractivity contribution in [2.24, 2.45) is 0 Å². The van der Waals surface area contributed by atoms with Crippen molar-refractivity contribution >= 4 is 27.4 Å². The molecule has 1 aromatic heterocycles. The van der Waals surface area contributed by atoms with Crippen LogP contribution in [0.3, 0.4) is 0 Å². The number of benzene rings is 2. The third kappa shape index (κ3) is 5.09. The zero-order chi connectivity index (χ0) is 25.4. The number of urea groups is 1. The second kappa shape index (κ2) is 9.21. The van der Waals surface area contributed by atoms with E-state index >= 15 is 0 Å². The Morgan fingerprint density at radius 3 is 2.23 bits per heavy atom. The molecule has 11 heteroatoms. The van der Waals surface area contributed by atoms with Gasteiger partial charge in [0.05, 0.1) is 10.6 Å². The molecule has 0 bridgehead atoms. The van der Waals surface area contributed by atoms with E-state index in [0.29, 0.717) is 17.3 Å². The Morgan fingerprint density at radius 1 is 1.03 bits per heavy atom. The Balaban J connectivity index is 1.61. The van der Waals surface area contributed by atoms with Gasteiger partial charge in [-0.05, 0) is 69.5 Å². The summed E-state index contributed by atoms with van der Waals surface area (Å²) in [7, 11) is -4.26. The van der Waals surface area contributed by atoms with Crippen LogP contribution in [0.1, 0.15) is 38.8 Å². The van der Waals surface area contributed by atoms with Crippen LogP contribution < -0.4 is 16.4 Å². The first-order valence-corrected chi connectivity index (χ1v) is 12.5. The number of halogens is 2. The lowest BCUT2D eigenvalue weighted by Crippen LogP contribution is -2.41. The number of aromatic nitrogens is 2. The molecular weight excluding hydrogens is 476 g/mol. The molecule has 2 amide bonds. The molecule has 4 rings (SSSR count). The van der Waals surface area contributed by atoms with Crippen molar-refractivity contribution in [3.63, 3.8) is 0 Å². The van der Waals surface area contributed by atoms with Gasteiger partial charge < -0.3 is 16.4 Å². The second-order valence-corrected chi connectivity index (χ2v) is 11.4. The monoisotopic (exact) mass is 501 g/mol. The molecule has 4 N–H and O–H groups in total. The van der Waals surface area contributed by atoms with Gasteiger partial charge in [0.25, 0.3) is 0 Å². The van der Waals surface area contributed by atoms with Gasteiger partial charge in [0.2, 0.25) is 0 Å². The third-order valence-corrected chi connectivity index (χ3v) is 8.43. The van der Waals surface area contributed by atoms with Crippen LogP contribution in [0.25, 0.3) is 11.4 Å². The minimum absolute atomic E-state index is 0.0285. The molecule has 184 valence electrons. The van der Waals surface area contributed by atoms with Gasteiger partial charge in [-0.2, -0.15) is 0 Å². The molecule has 0 spiro atoms. The summed E-state index contributed by atoms with van der Waals surface area (Å²) in [6, 6.07) is 10.0. The molecule has 3 aromatic rings. The lowest BCUT2D eigenvalue weighted by atomic mass is 9.93. The predicted octanol–water partition coefficient (Wildman–Crippen LogP) is 4.39. The summed E-state index contributed by atoms with van der Waals surface area (Å²) in [6.07, 6.45) is 3.06. The molecule has 0 atom stereocenters. The SMILES string of the molecule is CC(C)(c1cc(N)nc(-c2ccc(NC(=O)NC3CCC3)cc2)n1)S(=O)(=O)c1cc(F)cc(F)c1. The van der Waals surface area contributed by atoms with Gasteiger partial charge in [-0.15, -0.1) is 0 Å². The highest BCUT2D eigenvalue weighted by Gasteiger charge is 2.40. The van der Waals surface area contributed by atoms with E-state index < -0.39 is 31.1 Å². The fourth-order valence-electron chi connectivity index (χ4n) is 3.63. The van der Waals surface area contributed by atoms with E-state index in [1.807, 2.05) is 0 Å². The Kier molecular flexibility index (Phi) is 6.46. The van der Waals surface area contributed by atoms with Gasteiger partial charge in [-0.25, -0.2) is 32.0 Å². The minimum Gasteiger partial charge on any atom is -0.384 e. The van der Waals surface area contributed by atoms with Gasteiger partial charge in [-0.1, -0.05) is 0 Å². The van der Waals surface area contributed by atoms with Gasteiger partial charge >= 0.3 is 6.03 Å². The molecule has 0 aliphatic heterocycles. The quantitative estimate of drug-likeness (QED) is 0.460. The van der Waals surface area contributed by atoms with Crippen molar-refractivity contribution in [1.29, 1.82) is 0 Å². The van der Waals surface area contributed by atoms with E-state index in [4.69, 9.17) is 5.73 Å². The zero-order valence-corrected chi connectivity index (χ0v) is 20.0. The van der Waals surface area contributed by atoms with Crippen LogP contribution in [0.4, 0.5) is 25.1 Å². The van der Waals surface area contributed by atoms with Crippen molar-refractivity contribution in [1.82, 2.24) is 15.3 Å². The number of carbonyl (C=O) groups excluding carboxylic acids is 1. The van der Waals surface area contributed by atoms with E-state index in [0.717, 1.165) is 31.4 Å². The van der Waals surface area contributed by atoms with E-state index in [9.17, 15) is 22.0 Å². The average molecular weight is 502 g/mol.